The quantitative estimate of drug-likeness (QED) is 0.833. The third-order valence-electron chi connectivity index (χ3n) is 3.07. The number of aromatic hydroxyl groups is 1. The summed E-state index contributed by atoms with van der Waals surface area (Å²) in [6.45, 7) is 7.36. The summed E-state index contributed by atoms with van der Waals surface area (Å²) in [6.07, 6.45) is 3.15. The lowest BCUT2D eigenvalue weighted by Crippen LogP contribution is -1.99. The van der Waals surface area contributed by atoms with Crippen molar-refractivity contribution in [2.75, 3.05) is 0 Å². The van der Waals surface area contributed by atoms with Crippen LogP contribution in [0.4, 0.5) is 0 Å². The number of aryl methyl sites for hydroxylation is 2. The molecule has 1 N–H and O–H groups in total. The molecule has 0 radical (unpaired) electrons. The molecule has 0 amide bonds. The van der Waals surface area contributed by atoms with E-state index in [9.17, 15) is 5.11 Å². The molecule has 0 unspecified atom stereocenters. The smallest absolute Gasteiger partial charge is 0.199 e. The Balaban J connectivity index is 2.40. The predicted octanol–water partition coefficient (Wildman–Crippen LogP) is 3.70. The molecular weight excluding hydrogens is 198 g/mol. The number of benzene rings is 1. The van der Waals surface area contributed by atoms with Crippen LogP contribution in [0.5, 0.6) is 5.88 Å². The van der Waals surface area contributed by atoms with Crippen molar-refractivity contribution in [1.29, 1.82) is 0 Å². The Hall–Kier alpha value is -1.44. The van der Waals surface area contributed by atoms with Crippen LogP contribution in [-0.2, 0) is 6.54 Å². The van der Waals surface area contributed by atoms with Gasteiger partial charge in [-0.25, -0.2) is 0 Å². The Bertz CT molecular complexity index is 497. The second kappa shape index (κ2) is 4.20. The second-order valence-corrected chi connectivity index (χ2v) is 4.86. The Morgan fingerprint density at radius 2 is 2.00 bits per heavy atom. The van der Waals surface area contributed by atoms with Gasteiger partial charge in [0.05, 0.1) is 0 Å². The van der Waals surface area contributed by atoms with Gasteiger partial charge in [0.1, 0.15) is 0 Å². The van der Waals surface area contributed by atoms with Crippen LogP contribution in [0.3, 0.4) is 0 Å². The minimum Gasteiger partial charge on any atom is -0.494 e. The molecule has 1 aromatic heterocycles. The van der Waals surface area contributed by atoms with E-state index in [4.69, 9.17) is 0 Å². The van der Waals surface area contributed by atoms with Gasteiger partial charge in [0.2, 0.25) is 0 Å². The highest BCUT2D eigenvalue weighted by Gasteiger charge is 2.09. The Morgan fingerprint density at radius 3 is 2.62 bits per heavy atom. The van der Waals surface area contributed by atoms with Crippen molar-refractivity contribution < 1.29 is 5.11 Å². The van der Waals surface area contributed by atoms with E-state index in [-0.39, 0.29) is 0 Å². The minimum atomic E-state index is 0.402. The van der Waals surface area contributed by atoms with E-state index in [0.717, 1.165) is 23.7 Å². The van der Waals surface area contributed by atoms with Crippen molar-refractivity contribution in [3.63, 3.8) is 0 Å². The van der Waals surface area contributed by atoms with Crippen molar-refractivity contribution in [2.24, 2.45) is 5.92 Å². The zero-order valence-corrected chi connectivity index (χ0v) is 10.2. The zero-order chi connectivity index (χ0) is 11.7. The van der Waals surface area contributed by atoms with Gasteiger partial charge in [-0.1, -0.05) is 26.0 Å². The first-order chi connectivity index (χ1) is 7.59. The first-order valence-corrected chi connectivity index (χ1v) is 5.87. The first kappa shape index (κ1) is 11.1. The van der Waals surface area contributed by atoms with E-state index in [0.29, 0.717) is 11.8 Å². The first-order valence-electron chi connectivity index (χ1n) is 5.87. The number of rotatable bonds is 3. The third kappa shape index (κ3) is 1.92. The number of nitrogens with zero attached hydrogens (tertiary/aromatic N) is 1. The summed E-state index contributed by atoms with van der Waals surface area (Å²) < 4.78 is 1.96. The van der Waals surface area contributed by atoms with E-state index < -0.39 is 0 Å². The van der Waals surface area contributed by atoms with Crippen molar-refractivity contribution in [3.05, 3.63) is 30.0 Å². The fourth-order valence-corrected chi connectivity index (χ4v) is 1.99. The topological polar surface area (TPSA) is 25.2 Å². The summed E-state index contributed by atoms with van der Waals surface area (Å²) in [5.41, 5.74) is 1.22. The molecule has 2 heteroatoms. The highest BCUT2D eigenvalue weighted by Crippen LogP contribution is 2.29. The Labute approximate surface area is 96.5 Å². The maximum Gasteiger partial charge on any atom is 0.199 e. The van der Waals surface area contributed by atoms with Gasteiger partial charge >= 0.3 is 0 Å². The highest BCUT2D eigenvalue weighted by atomic mass is 16.3. The summed E-state index contributed by atoms with van der Waals surface area (Å²) >= 11 is 0. The van der Waals surface area contributed by atoms with Crippen LogP contribution >= 0.6 is 0 Å². The van der Waals surface area contributed by atoms with Crippen LogP contribution in [0.2, 0.25) is 0 Å². The number of aromatic nitrogens is 1. The molecule has 0 bridgehead atoms. The minimum absolute atomic E-state index is 0.402. The maximum atomic E-state index is 10.1. The normalized spacial score (nSPS) is 11.5. The van der Waals surface area contributed by atoms with Gasteiger partial charge in [-0.05, 0) is 30.9 Å². The number of hydrogen-bond donors (Lipinski definition) is 1. The van der Waals surface area contributed by atoms with Crippen LogP contribution in [-0.4, -0.2) is 9.67 Å². The molecule has 0 spiro atoms. The van der Waals surface area contributed by atoms with Gasteiger partial charge in [-0.3, -0.25) is 0 Å². The van der Waals surface area contributed by atoms with Crippen LogP contribution in [0, 0.1) is 12.8 Å². The van der Waals surface area contributed by atoms with E-state index >= 15 is 0 Å². The molecule has 1 aromatic carbocycles. The van der Waals surface area contributed by atoms with E-state index in [1.165, 1.54) is 5.56 Å². The molecule has 0 fully saturated rings. The fraction of sp³-hybridized carbons (Fsp3) is 0.429. The second-order valence-electron chi connectivity index (χ2n) is 4.86. The van der Waals surface area contributed by atoms with E-state index in [1.54, 1.807) is 0 Å². The van der Waals surface area contributed by atoms with Crippen LogP contribution in [0.1, 0.15) is 25.8 Å². The largest absolute Gasteiger partial charge is 0.494 e. The van der Waals surface area contributed by atoms with Crippen molar-refractivity contribution >= 4 is 10.8 Å². The third-order valence-corrected chi connectivity index (χ3v) is 3.07. The molecule has 86 valence electrons. The average molecular weight is 217 g/mol. The molecule has 2 rings (SSSR count). The Kier molecular flexibility index (Phi) is 2.90. The van der Waals surface area contributed by atoms with Gasteiger partial charge < -0.3 is 9.67 Å². The lowest BCUT2D eigenvalue weighted by molar-refractivity contribution is 0.405. The van der Waals surface area contributed by atoms with Crippen LogP contribution < -0.4 is 0 Å². The van der Waals surface area contributed by atoms with Crippen LogP contribution in [0.15, 0.2) is 24.4 Å². The molecular formula is C14H19NO. The Morgan fingerprint density at radius 1 is 1.25 bits per heavy atom. The fourth-order valence-electron chi connectivity index (χ4n) is 1.99. The van der Waals surface area contributed by atoms with Gasteiger partial charge in [-0.2, -0.15) is 0 Å². The summed E-state index contributed by atoms with van der Waals surface area (Å²) in [5, 5.41) is 12.2. The molecule has 0 atom stereocenters. The van der Waals surface area contributed by atoms with Crippen molar-refractivity contribution in [3.8, 4) is 5.88 Å². The SMILES string of the molecule is Cc1cccc2c(O)n(CCC(C)C)cc12. The molecule has 2 nitrogen and oxygen atoms in total. The summed E-state index contributed by atoms with van der Waals surface area (Å²) in [6, 6.07) is 6.04. The lowest BCUT2D eigenvalue weighted by atomic mass is 10.1. The van der Waals surface area contributed by atoms with Gasteiger partial charge in [0.25, 0.3) is 0 Å². The number of hydrogen-bond acceptors (Lipinski definition) is 1. The monoisotopic (exact) mass is 217 g/mol. The molecule has 1 heterocycles. The van der Waals surface area contributed by atoms with Crippen molar-refractivity contribution in [2.45, 2.75) is 33.7 Å². The lowest BCUT2D eigenvalue weighted by Gasteiger charge is -2.06. The molecule has 16 heavy (non-hydrogen) atoms. The number of fused-ring (bicyclic) bond motifs is 1. The van der Waals surface area contributed by atoms with Crippen molar-refractivity contribution in [1.82, 2.24) is 4.57 Å². The average Bonchev–Trinajstić information content (AvgIpc) is 2.55. The molecule has 0 saturated carbocycles. The van der Waals surface area contributed by atoms with Gasteiger partial charge in [0.15, 0.2) is 5.88 Å². The van der Waals surface area contributed by atoms with E-state index in [1.807, 2.05) is 16.7 Å². The van der Waals surface area contributed by atoms with Gasteiger partial charge in [0, 0.05) is 23.5 Å². The molecule has 0 aliphatic rings. The molecule has 0 saturated heterocycles. The van der Waals surface area contributed by atoms with E-state index in [2.05, 4.69) is 33.0 Å². The summed E-state index contributed by atoms with van der Waals surface area (Å²) in [5.74, 6) is 1.06. The summed E-state index contributed by atoms with van der Waals surface area (Å²) in [7, 11) is 0. The maximum absolute atomic E-state index is 10.1. The highest BCUT2D eigenvalue weighted by molar-refractivity contribution is 5.90. The van der Waals surface area contributed by atoms with Crippen LogP contribution in [0.25, 0.3) is 10.8 Å². The molecule has 2 aromatic rings. The predicted molar refractivity (Wildman–Crippen MR) is 67.8 cm³/mol. The molecule has 0 aliphatic heterocycles. The zero-order valence-electron chi connectivity index (χ0n) is 10.2. The van der Waals surface area contributed by atoms with Gasteiger partial charge in [-0.15, -0.1) is 0 Å². The summed E-state index contributed by atoms with van der Waals surface area (Å²) in [4.78, 5) is 0. The standard InChI is InChI=1S/C14H19NO/c1-10(2)7-8-15-9-13-11(3)5-4-6-12(13)14(15)16/h4-6,9-10,16H,7-8H2,1-3H3. The molecule has 0 aliphatic carbocycles.